The van der Waals surface area contributed by atoms with Crippen LogP contribution in [0.2, 0.25) is 13.1 Å². The molecule has 4 aromatic carbocycles. The zero-order valence-corrected chi connectivity index (χ0v) is 26.3. The van der Waals surface area contributed by atoms with Crippen LogP contribution in [0.3, 0.4) is 0 Å². The second-order valence-electron chi connectivity index (χ2n) is 11.9. The van der Waals surface area contributed by atoms with Gasteiger partial charge in [-0.2, -0.15) is 5.10 Å². The van der Waals surface area contributed by atoms with Gasteiger partial charge in [-0.1, -0.05) is 74.3 Å². The molecular weight excluding hydrogens is 547 g/mol. The monoisotopic (exact) mass is 581 g/mol. The summed E-state index contributed by atoms with van der Waals surface area (Å²) in [4.78, 5) is 19.9. The van der Waals surface area contributed by atoms with Crippen molar-refractivity contribution in [2.45, 2.75) is 26.6 Å². The Labute approximate surface area is 253 Å². The minimum Gasteiger partial charge on any atom is -0.378 e. The van der Waals surface area contributed by atoms with E-state index in [4.69, 9.17) is 0 Å². The maximum Gasteiger partial charge on any atom is 0.251 e. The van der Waals surface area contributed by atoms with Crippen LogP contribution in [0.4, 0.5) is 5.69 Å². The van der Waals surface area contributed by atoms with Gasteiger partial charge < -0.3 is 10.2 Å². The highest BCUT2D eigenvalue weighted by Crippen LogP contribution is 2.29. The highest BCUT2D eigenvalue weighted by Gasteiger charge is 2.35. The summed E-state index contributed by atoms with van der Waals surface area (Å²) in [7, 11) is 2.15. The Hall–Kier alpha value is -4.88. The van der Waals surface area contributed by atoms with E-state index in [1.54, 1.807) is 12.4 Å². The van der Waals surface area contributed by atoms with Gasteiger partial charge in [-0.3, -0.25) is 4.79 Å². The van der Waals surface area contributed by atoms with Gasteiger partial charge in [0.15, 0.2) is 5.82 Å². The molecule has 7 heteroatoms. The third kappa shape index (κ3) is 5.28. The molecule has 0 atom stereocenters. The SMILES string of the molecule is C=c1ccc2c(c1)[Si](C)(C)c1cc(N(C)C)ccc1C=2c1cc(C(=O)NCc2ccc(-c3nccnn3)cc2)ccc1C. The second-order valence-corrected chi connectivity index (χ2v) is 16.2. The summed E-state index contributed by atoms with van der Waals surface area (Å²) in [6.07, 6.45) is 3.17. The smallest absolute Gasteiger partial charge is 0.251 e. The number of amides is 1. The normalized spacial score (nSPS) is 13.2. The lowest BCUT2D eigenvalue weighted by Gasteiger charge is -2.34. The fourth-order valence-electron chi connectivity index (χ4n) is 5.92. The number of carbonyl (C=O) groups is 1. The Morgan fingerprint density at radius 3 is 2.40 bits per heavy atom. The molecule has 6 nitrogen and oxygen atoms in total. The first kappa shape index (κ1) is 28.2. The standard InChI is InChI=1S/C36H35N5OSi/c1-23-7-15-29-32(19-23)43(5,6)33-21-28(41(3)4)14-16-30(33)34(29)31-20-27(11-8-24(31)2)36(42)38-22-25-9-12-26(13-10-25)35-37-17-18-39-40-35/h7-21H,1,22H2,2-6H3,(H,38,42). The fourth-order valence-corrected chi connectivity index (χ4v) is 9.03. The first-order chi connectivity index (χ1) is 20.6. The summed E-state index contributed by atoms with van der Waals surface area (Å²) < 4.78 is 0. The number of nitrogens with one attached hydrogen (secondary N) is 1. The Morgan fingerprint density at radius 2 is 1.67 bits per heavy atom. The molecule has 6 rings (SSSR count). The number of aromatic nitrogens is 3. The van der Waals surface area contributed by atoms with Crippen LogP contribution in [0, 0.1) is 6.92 Å². The van der Waals surface area contributed by atoms with E-state index in [-0.39, 0.29) is 5.91 Å². The Bertz CT molecular complexity index is 1970. The lowest BCUT2D eigenvalue weighted by atomic mass is 9.90. The molecule has 0 saturated carbocycles. The summed E-state index contributed by atoms with van der Waals surface area (Å²) in [5.74, 6) is 0.465. The molecule has 0 spiro atoms. The zero-order chi connectivity index (χ0) is 30.3. The van der Waals surface area contributed by atoms with Gasteiger partial charge in [0, 0.05) is 43.7 Å². The summed E-state index contributed by atoms with van der Waals surface area (Å²) in [6, 6.07) is 27.3. The summed E-state index contributed by atoms with van der Waals surface area (Å²) in [5, 5.41) is 16.1. The van der Waals surface area contributed by atoms with Crippen LogP contribution >= 0.6 is 0 Å². The predicted octanol–water partition coefficient (Wildman–Crippen LogP) is 3.64. The minimum absolute atomic E-state index is 0.108. The number of hydrogen-bond donors (Lipinski definition) is 1. The number of nitrogens with zero attached hydrogens (tertiary/aromatic N) is 4. The van der Waals surface area contributed by atoms with Gasteiger partial charge in [-0.05, 0) is 79.8 Å². The van der Waals surface area contributed by atoms with Crippen LogP contribution in [-0.2, 0) is 6.54 Å². The number of aryl methyl sites for hydroxylation is 1. The molecule has 1 aliphatic heterocycles. The van der Waals surface area contributed by atoms with E-state index < -0.39 is 8.07 Å². The van der Waals surface area contributed by atoms with Crippen molar-refractivity contribution >= 4 is 42.2 Å². The van der Waals surface area contributed by atoms with Crippen molar-refractivity contribution in [2.24, 2.45) is 0 Å². The molecule has 0 saturated heterocycles. The lowest BCUT2D eigenvalue weighted by molar-refractivity contribution is 0.0951. The molecular formula is C36H35N5OSi. The number of benzene rings is 4. The summed E-state index contributed by atoms with van der Waals surface area (Å²) in [6.45, 7) is 11.6. The number of rotatable bonds is 6. The Balaban J connectivity index is 1.37. The Kier molecular flexibility index (Phi) is 7.28. The maximum atomic E-state index is 13.5. The molecule has 0 radical (unpaired) electrons. The first-order valence-electron chi connectivity index (χ1n) is 14.4. The van der Waals surface area contributed by atoms with Crippen LogP contribution < -0.4 is 31.0 Å². The quantitative estimate of drug-likeness (QED) is 0.310. The molecule has 0 unspecified atom stereocenters. The van der Waals surface area contributed by atoms with E-state index in [9.17, 15) is 4.79 Å². The lowest BCUT2D eigenvalue weighted by Crippen LogP contribution is -2.63. The average Bonchev–Trinajstić information content (AvgIpc) is 3.01. The van der Waals surface area contributed by atoms with Gasteiger partial charge in [0.1, 0.15) is 8.07 Å². The van der Waals surface area contributed by atoms with Gasteiger partial charge in [0.05, 0.1) is 6.20 Å². The first-order valence-corrected chi connectivity index (χ1v) is 17.4. The molecule has 1 N–H and O–H groups in total. The molecule has 1 aromatic heterocycles. The number of carbonyl (C=O) groups excluding carboxylic acids is 1. The molecule has 2 heterocycles. The highest BCUT2D eigenvalue weighted by molar-refractivity contribution is 7.01. The third-order valence-electron chi connectivity index (χ3n) is 8.41. The summed E-state index contributed by atoms with van der Waals surface area (Å²) >= 11 is 0. The van der Waals surface area contributed by atoms with E-state index in [0.717, 1.165) is 27.5 Å². The molecule has 214 valence electrons. The minimum atomic E-state index is -2.02. The molecule has 0 bridgehead atoms. The molecule has 1 amide bonds. The Morgan fingerprint density at radius 1 is 0.884 bits per heavy atom. The molecule has 43 heavy (non-hydrogen) atoms. The van der Waals surface area contributed by atoms with E-state index in [1.165, 1.54) is 32.4 Å². The average molecular weight is 582 g/mol. The predicted molar refractivity (Wildman–Crippen MR) is 178 cm³/mol. The van der Waals surface area contributed by atoms with Crippen LogP contribution in [-0.4, -0.2) is 43.3 Å². The molecule has 5 aromatic rings. The van der Waals surface area contributed by atoms with Crippen molar-refractivity contribution in [1.82, 2.24) is 20.5 Å². The van der Waals surface area contributed by atoms with Crippen molar-refractivity contribution in [3.63, 3.8) is 0 Å². The van der Waals surface area contributed by atoms with Gasteiger partial charge >= 0.3 is 0 Å². The van der Waals surface area contributed by atoms with E-state index >= 15 is 0 Å². The van der Waals surface area contributed by atoms with Crippen LogP contribution in [0.1, 0.15) is 32.6 Å². The van der Waals surface area contributed by atoms with E-state index in [0.29, 0.717) is 17.9 Å². The third-order valence-corrected chi connectivity index (χ3v) is 11.9. The van der Waals surface area contributed by atoms with Gasteiger partial charge in [0.25, 0.3) is 5.91 Å². The largest absolute Gasteiger partial charge is 0.378 e. The van der Waals surface area contributed by atoms with Crippen molar-refractivity contribution in [2.75, 3.05) is 19.0 Å². The zero-order valence-electron chi connectivity index (χ0n) is 25.3. The fraction of sp³-hybridized carbons (Fsp3) is 0.167. The van der Waals surface area contributed by atoms with E-state index in [2.05, 4.69) is 109 Å². The molecule has 0 aliphatic carbocycles. The van der Waals surface area contributed by atoms with Crippen LogP contribution in [0.15, 0.2) is 91.3 Å². The van der Waals surface area contributed by atoms with Gasteiger partial charge in [-0.25, -0.2) is 4.98 Å². The second kappa shape index (κ2) is 11.1. The number of fused-ring (bicyclic) bond motifs is 2. The summed E-state index contributed by atoms with van der Waals surface area (Å²) in [5.41, 5.74) is 8.35. The topological polar surface area (TPSA) is 71.0 Å². The number of anilines is 1. The van der Waals surface area contributed by atoms with Crippen molar-refractivity contribution < 1.29 is 4.79 Å². The van der Waals surface area contributed by atoms with Crippen LogP contribution in [0.25, 0.3) is 23.5 Å². The van der Waals surface area contributed by atoms with Gasteiger partial charge in [-0.15, -0.1) is 5.10 Å². The van der Waals surface area contributed by atoms with Crippen molar-refractivity contribution in [3.8, 4) is 11.4 Å². The maximum absolute atomic E-state index is 13.5. The highest BCUT2D eigenvalue weighted by atomic mass is 28.3. The molecule has 1 aliphatic rings. The van der Waals surface area contributed by atoms with Crippen molar-refractivity contribution in [1.29, 1.82) is 0 Å². The number of hydrogen-bond acceptors (Lipinski definition) is 5. The molecule has 0 fully saturated rings. The van der Waals surface area contributed by atoms with E-state index in [1.807, 2.05) is 36.4 Å². The van der Waals surface area contributed by atoms with Gasteiger partial charge in [0.2, 0.25) is 0 Å². The van der Waals surface area contributed by atoms with Crippen molar-refractivity contribution in [3.05, 3.63) is 130 Å². The van der Waals surface area contributed by atoms with Crippen LogP contribution in [0.5, 0.6) is 0 Å².